The van der Waals surface area contributed by atoms with Crippen molar-refractivity contribution >= 4 is 76.4 Å². The summed E-state index contributed by atoms with van der Waals surface area (Å²) < 4.78 is 2.50. The fourth-order valence-electron chi connectivity index (χ4n) is 1.34. The first-order chi connectivity index (χ1) is 8.47. The zero-order valence-corrected chi connectivity index (χ0v) is 14.4. The number of hydrogen-bond acceptors (Lipinski definition) is 3. The number of amides is 1. The van der Waals surface area contributed by atoms with E-state index >= 15 is 0 Å². The minimum atomic E-state index is -0.180. The smallest absolute Gasteiger partial charge is 0.265 e. The van der Waals surface area contributed by atoms with Gasteiger partial charge in [0.1, 0.15) is 0 Å². The Kier molecular flexibility index (Phi) is 4.47. The van der Waals surface area contributed by atoms with E-state index in [-0.39, 0.29) is 5.91 Å². The van der Waals surface area contributed by atoms with Gasteiger partial charge < -0.3 is 11.1 Å². The number of nitrogens with one attached hydrogen (secondary N) is 1. The van der Waals surface area contributed by atoms with E-state index in [9.17, 15) is 4.79 Å². The molecule has 0 atom stereocenters. The van der Waals surface area contributed by atoms with Crippen molar-refractivity contribution < 1.29 is 4.79 Å². The predicted molar refractivity (Wildman–Crippen MR) is 86.2 cm³/mol. The lowest BCUT2D eigenvalue weighted by Crippen LogP contribution is -2.12. The molecule has 94 valence electrons. The van der Waals surface area contributed by atoms with Crippen LogP contribution in [-0.2, 0) is 0 Å². The maximum Gasteiger partial charge on any atom is 0.265 e. The molecule has 18 heavy (non-hydrogen) atoms. The van der Waals surface area contributed by atoms with E-state index in [1.807, 2.05) is 12.1 Å². The van der Waals surface area contributed by atoms with E-state index in [0.717, 1.165) is 12.7 Å². The average Bonchev–Trinajstić information content (AvgIpc) is 2.70. The Labute approximate surface area is 133 Å². The van der Waals surface area contributed by atoms with Gasteiger partial charge in [0, 0.05) is 8.95 Å². The van der Waals surface area contributed by atoms with Crippen LogP contribution >= 0.6 is 59.1 Å². The van der Waals surface area contributed by atoms with Gasteiger partial charge in [0.25, 0.3) is 5.91 Å². The number of rotatable bonds is 2. The maximum absolute atomic E-state index is 12.0. The second-order valence-corrected chi connectivity index (χ2v) is 7.64. The summed E-state index contributed by atoms with van der Waals surface area (Å²) in [5.74, 6) is -0.180. The summed E-state index contributed by atoms with van der Waals surface area (Å²) in [5, 5.41) is 2.79. The Balaban J connectivity index is 2.27. The van der Waals surface area contributed by atoms with Crippen LogP contribution in [-0.4, -0.2) is 5.91 Å². The van der Waals surface area contributed by atoms with Gasteiger partial charge in [-0.15, -0.1) is 11.3 Å². The van der Waals surface area contributed by atoms with Crippen LogP contribution in [0.1, 0.15) is 9.67 Å². The van der Waals surface area contributed by atoms with Crippen LogP contribution in [0.3, 0.4) is 0 Å². The van der Waals surface area contributed by atoms with Crippen molar-refractivity contribution in [1.82, 2.24) is 0 Å². The van der Waals surface area contributed by atoms with Gasteiger partial charge in [0.05, 0.1) is 20.0 Å². The second-order valence-electron chi connectivity index (χ2n) is 3.41. The molecule has 0 spiro atoms. The van der Waals surface area contributed by atoms with Crippen LogP contribution < -0.4 is 11.1 Å². The molecule has 1 heterocycles. The van der Waals surface area contributed by atoms with E-state index in [2.05, 4.69) is 53.1 Å². The molecule has 0 aliphatic rings. The van der Waals surface area contributed by atoms with E-state index in [4.69, 9.17) is 5.73 Å². The van der Waals surface area contributed by atoms with Crippen molar-refractivity contribution in [3.05, 3.63) is 41.9 Å². The van der Waals surface area contributed by atoms with Crippen LogP contribution in [0.25, 0.3) is 0 Å². The highest BCUT2D eigenvalue weighted by molar-refractivity contribution is 9.11. The van der Waals surface area contributed by atoms with Crippen molar-refractivity contribution in [2.45, 2.75) is 0 Å². The van der Waals surface area contributed by atoms with Crippen LogP contribution in [0.5, 0.6) is 0 Å². The third-order valence-corrected chi connectivity index (χ3v) is 4.83. The first-order valence-electron chi connectivity index (χ1n) is 4.78. The summed E-state index contributed by atoms with van der Waals surface area (Å²) in [6.07, 6.45) is 0. The molecule has 0 saturated carbocycles. The van der Waals surface area contributed by atoms with Crippen molar-refractivity contribution in [3.63, 3.8) is 0 Å². The molecule has 0 radical (unpaired) electrons. The Morgan fingerprint density at radius 2 is 1.94 bits per heavy atom. The topological polar surface area (TPSA) is 55.1 Å². The van der Waals surface area contributed by atoms with E-state index in [1.54, 1.807) is 12.1 Å². The fourth-order valence-corrected chi connectivity index (χ4v) is 3.98. The first kappa shape index (κ1) is 14.0. The lowest BCUT2D eigenvalue weighted by molar-refractivity contribution is 0.103. The zero-order chi connectivity index (χ0) is 13.3. The molecular weight excluding hydrogens is 448 g/mol. The molecule has 3 nitrogen and oxygen atoms in total. The van der Waals surface area contributed by atoms with Crippen LogP contribution in [0.15, 0.2) is 37.0 Å². The molecule has 0 saturated heterocycles. The van der Waals surface area contributed by atoms with Crippen molar-refractivity contribution in [2.75, 3.05) is 11.1 Å². The minimum Gasteiger partial charge on any atom is -0.397 e. The number of halogens is 3. The normalized spacial score (nSPS) is 10.4. The Bertz CT molecular complexity index is 589. The molecule has 0 bridgehead atoms. The highest BCUT2D eigenvalue weighted by Gasteiger charge is 2.13. The molecule has 2 rings (SSSR count). The molecule has 0 aliphatic heterocycles. The summed E-state index contributed by atoms with van der Waals surface area (Å²) in [6.45, 7) is 0. The lowest BCUT2D eigenvalue weighted by Gasteiger charge is -2.10. The van der Waals surface area contributed by atoms with Gasteiger partial charge in [-0.1, -0.05) is 15.9 Å². The van der Waals surface area contributed by atoms with Gasteiger partial charge in [-0.3, -0.25) is 4.79 Å². The number of anilines is 2. The number of benzene rings is 1. The maximum atomic E-state index is 12.0. The second kappa shape index (κ2) is 5.73. The molecule has 0 fully saturated rings. The van der Waals surface area contributed by atoms with Gasteiger partial charge in [0.2, 0.25) is 0 Å². The Morgan fingerprint density at radius 1 is 1.22 bits per heavy atom. The van der Waals surface area contributed by atoms with Crippen LogP contribution in [0, 0.1) is 0 Å². The molecule has 0 aliphatic carbocycles. The first-order valence-corrected chi connectivity index (χ1v) is 7.98. The Morgan fingerprint density at radius 3 is 2.50 bits per heavy atom. The number of nitrogens with two attached hydrogens (primary N) is 1. The molecule has 1 amide bonds. The fraction of sp³-hybridized carbons (Fsp3) is 0. The largest absolute Gasteiger partial charge is 0.397 e. The molecule has 2 aromatic rings. The van der Waals surface area contributed by atoms with Crippen LogP contribution in [0.4, 0.5) is 11.4 Å². The summed E-state index contributed by atoms with van der Waals surface area (Å²) in [6, 6.07) is 7.16. The third-order valence-electron chi connectivity index (χ3n) is 2.12. The number of thiophene rings is 1. The SMILES string of the molecule is Nc1cc(Br)cc(Br)c1NC(=O)c1ccc(Br)s1. The average molecular weight is 455 g/mol. The molecule has 3 N–H and O–H groups in total. The molecule has 1 aromatic carbocycles. The highest BCUT2D eigenvalue weighted by atomic mass is 79.9. The summed E-state index contributed by atoms with van der Waals surface area (Å²) in [7, 11) is 0. The number of carbonyl (C=O) groups excluding carboxylic acids is 1. The summed E-state index contributed by atoms with van der Waals surface area (Å²) >= 11 is 11.4. The molecule has 1 aromatic heterocycles. The summed E-state index contributed by atoms with van der Waals surface area (Å²) in [5.41, 5.74) is 6.95. The van der Waals surface area contributed by atoms with Crippen molar-refractivity contribution in [3.8, 4) is 0 Å². The van der Waals surface area contributed by atoms with Gasteiger partial charge in [-0.25, -0.2) is 0 Å². The lowest BCUT2D eigenvalue weighted by atomic mass is 10.2. The number of hydrogen-bond donors (Lipinski definition) is 2. The number of carbonyl (C=O) groups is 1. The predicted octanol–water partition coefficient (Wildman–Crippen LogP) is 4.87. The van der Waals surface area contributed by atoms with Gasteiger partial charge in [0.15, 0.2) is 0 Å². The molecular formula is C11H7Br3N2OS. The molecule has 0 unspecified atom stereocenters. The van der Waals surface area contributed by atoms with Crippen molar-refractivity contribution in [1.29, 1.82) is 0 Å². The number of nitrogen functional groups attached to an aromatic ring is 1. The Hall–Kier alpha value is -0.370. The van der Waals surface area contributed by atoms with E-state index < -0.39 is 0 Å². The highest BCUT2D eigenvalue weighted by Crippen LogP contribution is 2.33. The van der Waals surface area contributed by atoms with Gasteiger partial charge in [-0.2, -0.15) is 0 Å². The molecule has 7 heteroatoms. The van der Waals surface area contributed by atoms with Gasteiger partial charge >= 0.3 is 0 Å². The van der Waals surface area contributed by atoms with Crippen molar-refractivity contribution in [2.24, 2.45) is 0 Å². The van der Waals surface area contributed by atoms with Crippen LogP contribution in [0.2, 0.25) is 0 Å². The monoisotopic (exact) mass is 452 g/mol. The standard InChI is InChI=1S/C11H7Br3N2OS/c12-5-3-6(13)10(7(15)4-5)16-11(17)8-1-2-9(14)18-8/h1-4H,15H2,(H,16,17). The van der Waals surface area contributed by atoms with E-state index in [0.29, 0.717) is 16.3 Å². The quantitative estimate of drug-likeness (QED) is 0.636. The van der Waals surface area contributed by atoms with E-state index in [1.165, 1.54) is 11.3 Å². The van der Waals surface area contributed by atoms with Gasteiger partial charge in [-0.05, 0) is 56.1 Å². The zero-order valence-electron chi connectivity index (χ0n) is 8.84. The third kappa shape index (κ3) is 3.14. The minimum absolute atomic E-state index is 0.180. The summed E-state index contributed by atoms with van der Waals surface area (Å²) in [4.78, 5) is 12.6.